The first-order chi connectivity index (χ1) is 13.7. The van der Waals surface area contributed by atoms with Gasteiger partial charge in [-0.25, -0.2) is 4.39 Å². The third-order valence-electron chi connectivity index (χ3n) is 4.90. The molecule has 1 atom stereocenters. The molecule has 1 N–H and O–H groups in total. The zero-order valence-corrected chi connectivity index (χ0v) is 16.5. The molecule has 5 heteroatoms. The lowest BCUT2D eigenvalue weighted by Gasteiger charge is -2.21. The summed E-state index contributed by atoms with van der Waals surface area (Å²) in [7, 11) is 3.41. The second-order valence-corrected chi connectivity index (χ2v) is 6.92. The summed E-state index contributed by atoms with van der Waals surface area (Å²) in [6, 6.07) is 19.2. The predicted molar refractivity (Wildman–Crippen MR) is 108 cm³/mol. The number of hydrogen-bond acceptors (Lipinski definition) is 2. The van der Waals surface area contributed by atoms with E-state index >= 15 is 0 Å². The highest BCUT2D eigenvalue weighted by Gasteiger charge is 2.14. The van der Waals surface area contributed by atoms with Gasteiger partial charge in [0.25, 0.3) is 0 Å². The van der Waals surface area contributed by atoms with Gasteiger partial charge in [-0.15, -0.1) is 0 Å². The SMILES string of the molecule is COCC[NH+](Cc1cccc(OC)c1)Cc1cccn1Cc1ccccc1F. The number of halogens is 1. The van der Waals surface area contributed by atoms with Gasteiger partial charge in [0.1, 0.15) is 31.2 Å². The summed E-state index contributed by atoms with van der Waals surface area (Å²) < 4.78 is 26.8. The van der Waals surface area contributed by atoms with Crippen LogP contribution in [-0.2, 0) is 24.4 Å². The summed E-state index contributed by atoms with van der Waals surface area (Å²) in [5.41, 5.74) is 3.10. The molecule has 0 saturated heterocycles. The normalized spacial score (nSPS) is 12.1. The number of ether oxygens (including phenoxy) is 2. The van der Waals surface area contributed by atoms with Gasteiger partial charge in [-0.2, -0.15) is 0 Å². The summed E-state index contributed by atoms with van der Waals surface area (Å²) in [6.07, 6.45) is 2.02. The van der Waals surface area contributed by atoms with E-state index in [-0.39, 0.29) is 5.82 Å². The van der Waals surface area contributed by atoms with E-state index < -0.39 is 0 Å². The first-order valence-electron chi connectivity index (χ1n) is 9.52. The Morgan fingerprint density at radius 1 is 0.964 bits per heavy atom. The van der Waals surface area contributed by atoms with Crippen LogP contribution in [0.15, 0.2) is 66.9 Å². The Labute approximate surface area is 166 Å². The number of quaternary nitrogens is 1. The summed E-state index contributed by atoms with van der Waals surface area (Å²) >= 11 is 0. The van der Waals surface area contributed by atoms with E-state index in [0.717, 1.165) is 25.4 Å². The zero-order valence-electron chi connectivity index (χ0n) is 16.5. The van der Waals surface area contributed by atoms with Crippen molar-refractivity contribution in [3.63, 3.8) is 0 Å². The largest absolute Gasteiger partial charge is 0.497 e. The van der Waals surface area contributed by atoms with Gasteiger partial charge in [0, 0.05) is 24.4 Å². The molecular formula is C23H28FN2O2+. The number of hydrogen-bond donors (Lipinski definition) is 1. The summed E-state index contributed by atoms with van der Waals surface area (Å²) in [5, 5.41) is 0. The van der Waals surface area contributed by atoms with Gasteiger partial charge >= 0.3 is 0 Å². The van der Waals surface area contributed by atoms with Crippen LogP contribution in [-0.4, -0.2) is 31.9 Å². The molecule has 1 aromatic heterocycles. The average molecular weight is 383 g/mol. The highest BCUT2D eigenvalue weighted by atomic mass is 19.1. The van der Waals surface area contributed by atoms with Crippen LogP contribution in [0, 0.1) is 5.82 Å². The van der Waals surface area contributed by atoms with Crippen LogP contribution in [0.4, 0.5) is 4.39 Å². The van der Waals surface area contributed by atoms with Crippen molar-refractivity contribution in [3.05, 3.63) is 89.5 Å². The van der Waals surface area contributed by atoms with Crippen LogP contribution in [0.25, 0.3) is 0 Å². The molecule has 148 valence electrons. The first-order valence-corrected chi connectivity index (χ1v) is 9.52. The van der Waals surface area contributed by atoms with Crippen molar-refractivity contribution >= 4 is 0 Å². The molecule has 1 unspecified atom stereocenters. The van der Waals surface area contributed by atoms with Crippen LogP contribution in [0.1, 0.15) is 16.8 Å². The molecule has 0 aliphatic heterocycles. The van der Waals surface area contributed by atoms with Crippen LogP contribution >= 0.6 is 0 Å². The fourth-order valence-electron chi connectivity index (χ4n) is 3.39. The molecule has 0 bridgehead atoms. The van der Waals surface area contributed by atoms with Gasteiger partial charge in [0.05, 0.1) is 26.0 Å². The molecule has 2 aromatic carbocycles. The monoisotopic (exact) mass is 383 g/mol. The minimum Gasteiger partial charge on any atom is -0.497 e. The summed E-state index contributed by atoms with van der Waals surface area (Å²) in [6.45, 7) is 3.81. The molecule has 1 heterocycles. The Kier molecular flexibility index (Phi) is 7.23. The quantitative estimate of drug-likeness (QED) is 0.583. The summed E-state index contributed by atoms with van der Waals surface area (Å²) in [5.74, 6) is 0.702. The topological polar surface area (TPSA) is 27.8 Å². The fourth-order valence-corrected chi connectivity index (χ4v) is 3.39. The van der Waals surface area contributed by atoms with Crippen molar-refractivity contribution in [2.24, 2.45) is 0 Å². The molecule has 0 amide bonds. The van der Waals surface area contributed by atoms with Gasteiger partial charge in [-0.3, -0.25) is 0 Å². The maximum Gasteiger partial charge on any atom is 0.128 e. The molecule has 0 radical (unpaired) electrons. The zero-order chi connectivity index (χ0) is 19.8. The Morgan fingerprint density at radius 3 is 2.61 bits per heavy atom. The van der Waals surface area contributed by atoms with Crippen molar-refractivity contribution in [1.82, 2.24) is 4.57 Å². The van der Waals surface area contributed by atoms with E-state index in [0.29, 0.717) is 18.7 Å². The molecule has 3 rings (SSSR count). The second kappa shape index (κ2) is 10.1. The van der Waals surface area contributed by atoms with Crippen molar-refractivity contribution in [1.29, 1.82) is 0 Å². The van der Waals surface area contributed by atoms with Crippen molar-refractivity contribution in [3.8, 4) is 5.75 Å². The number of nitrogens with one attached hydrogen (secondary N) is 1. The van der Waals surface area contributed by atoms with Crippen molar-refractivity contribution in [2.45, 2.75) is 19.6 Å². The lowest BCUT2D eigenvalue weighted by Crippen LogP contribution is -3.10. The molecule has 0 spiro atoms. The molecule has 0 fully saturated rings. The highest BCUT2D eigenvalue weighted by molar-refractivity contribution is 5.27. The second-order valence-electron chi connectivity index (χ2n) is 6.92. The summed E-state index contributed by atoms with van der Waals surface area (Å²) in [4.78, 5) is 1.38. The fraction of sp³-hybridized carbons (Fsp3) is 0.304. The smallest absolute Gasteiger partial charge is 0.128 e. The maximum atomic E-state index is 14.1. The van der Waals surface area contributed by atoms with Gasteiger partial charge < -0.3 is 18.9 Å². The van der Waals surface area contributed by atoms with E-state index in [1.807, 2.05) is 36.5 Å². The lowest BCUT2D eigenvalue weighted by atomic mass is 10.2. The van der Waals surface area contributed by atoms with E-state index in [9.17, 15) is 4.39 Å². The van der Waals surface area contributed by atoms with E-state index in [4.69, 9.17) is 9.47 Å². The maximum absolute atomic E-state index is 14.1. The van der Waals surface area contributed by atoms with E-state index in [1.54, 1.807) is 20.3 Å². The van der Waals surface area contributed by atoms with Gasteiger partial charge in [-0.1, -0.05) is 30.3 Å². The minimum atomic E-state index is -0.165. The number of benzene rings is 2. The molecule has 4 nitrogen and oxygen atoms in total. The standard InChI is InChI=1S/C23H27FN2O2/c1-27-14-13-25(16-19-7-5-10-22(15-19)28-2)18-21-9-6-12-26(21)17-20-8-3-4-11-23(20)24/h3-12,15H,13-14,16-18H2,1-2H3/p+1. The third kappa shape index (κ3) is 5.44. The molecule has 28 heavy (non-hydrogen) atoms. The minimum absolute atomic E-state index is 0.165. The van der Waals surface area contributed by atoms with Crippen LogP contribution in [0.2, 0.25) is 0 Å². The highest BCUT2D eigenvalue weighted by Crippen LogP contribution is 2.13. The Morgan fingerprint density at radius 2 is 1.82 bits per heavy atom. The Hall–Kier alpha value is -2.63. The van der Waals surface area contributed by atoms with Gasteiger partial charge in [-0.05, 0) is 30.3 Å². The van der Waals surface area contributed by atoms with Crippen molar-refractivity contribution < 1.29 is 18.8 Å². The van der Waals surface area contributed by atoms with Crippen molar-refractivity contribution in [2.75, 3.05) is 27.4 Å². The number of nitrogens with zero attached hydrogens (tertiary/aromatic N) is 1. The number of aromatic nitrogens is 1. The van der Waals surface area contributed by atoms with E-state index in [1.165, 1.54) is 22.2 Å². The van der Waals surface area contributed by atoms with Gasteiger partial charge in [0.15, 0.2) is 0 Å². The molecule has 0 aliphatic carbocycles. The first kappa shape index (κ1) is 20.1. The molecule has 0 aliphatic rings. The van der Waals surface area contributed by atoms with Gasteiger partial charge in [0.2, 0.25) is 0 Å². The molecule has 0 saturated carbocycles. The number of rotatable bonds is 10. The molecular weight excluding hydrogens is 355 g/mol. The molecule has 3 aromatic rings. The van der Waals surface area contributed by atoms with Crippen LogP contribution in [0.3, 0.4) is 0 Å². The Bertz CT molecular complexity index is 878. The predicted octanol–water partition coefficient (Wildman–Crippen LogP) is 2.92. The van der Waals surface area contributed by atoms with Crippen LogP contribution < -0.4 is 9.64 Å². The van der Waals surface area contributed by atoms with Crippen LogP contribution in [0.5, 0.6) is 5.75 Å². The number of methoxy groups -OCH3 is 2. The average Bonchev–Trinajstić information content (AvgIpc) is 3.14. The lowest BCUT2D eigenvalue weighted by molar-refractivity contribution is -0.928. The third-order valence-corrected chi connectivity index (χ3v) is 4.90. The Balaban J connectivity index is 1.74. The van der Waals surface area contributed by atoms with E-state index in [2.05, 4.69) is 22.8 Å².